The van der Waals surface area contributed by atoms with Crippen molar-refractivity contribution in [1.82, 2.24) is 0 Å². The van der Waals surface area contributed by atoms with Gasteiger partial charge in [0, 0.05) is 25.8 Å². The van der Waals surface area contributed by atoms with Crippen LogP contribution in [0.3, 0.4) is 0 Å². The van der Waals surface area contributed by atoms with Gasteiger partial charge in [-0.1, -0.05) is 24.3 Å². The molecule has 0 unspecified atom stereocenters. The molecule has 0 atom stereocenters. The first-order valence-corrected chi connectivity index (χ1v) is 6.63. The van der Waals surface area contributed by atoms with Crippen molar-refractivity contribution in [2.24, 2.45) is 4.99 Å². The van der Waals surface area contributed by atoms with Gasteiger partial charge in [-0.15, -0.1) is 0 Å². The fourth-order valence-corrected chi connectivity index (χ4v) is 2.54. The number of amidine groups is 1. The Morgan fingerprint density at radius 2 is 2.00 bits per heavy atom. The molecule has 0 amide bonds. The summed E-state index contributed by atoms with van der Waals surface area (Å²) in [5.74, 6) is 0.656. The van der Waals surface area contributed by atoms with Gasteiger partial charge in [0.25, 0.3) is 0 Å². The van der Waals surface area contributed by atoms with E-state index in [-0.39, 0.29) is 5.97 Å². The molecule has 4 heteroatoms. The van der Waals surface area contributed by atoms with E-state index in [0.717, 1.165) is 17.2 Å². The van der Waals surface area contributed by atoms with Crippen molar-refractivity contribution < 1.29 is 9.53 Å². The van der Waals surface area contributed by atoms with Crippen LogP contribution in [0, 0.1) is 0 Å². The molecule has 2 aromatic carbocycles. The average molecular weight is 268 g/mol. The molecule has 1 aliphatic rings. The Morgan fingerprint density at radius 1 is 1.25 bits per heavy atom. The minimum Gasteiger partial charge on any atom is -0.465 e. The number of rotatable bonds is 3. The molecule has 0 saturated heterocycles. The molecule has 1 heterocycles. The number of benzene rings is 2. The molecular formula is C16H16N2O2. The zero-order valence-electron chi connectivity index (χ0n) is 11.6. The molecule has 1 aliphatic heterocycles. The highest BCUT2D eigenvalue weighted by molar-refractivity contribution is 6.14. The van der Waals surface area contributed by atoms with Crippen molar-refractivity contribution in [2.45, 2.75) is 13.3 Å². The molecule has 0 radical (unpaired) electrons. The van der Waals surface area contributed by atoms with Gasteiger partial charge in [0.15, 0.2) is 0 Å². The third kappa shape index (κ3) is 2.13. The van der Waals surface area contributed by atoms with Gasteiger partial charge in [0.2, 0.25) is 0 Å². The summed E-state index contributed by atoms with van der Waals surface area (Å²) < 4.78 is 5.01. The average Bonchev–Trinajstić information content (AvgIpc) is 2.44. The second-order valence-corrected chi connectivity index (χ2v) is 4.83. The van der Waals surface area contributed by atoms with Crippen LogP contribution < -0.4 is 4.90 Å². The molecule has 20 heavy (non-hydrogen) atoms. The summed E-state index contributed by atoms with van der Waals surface area (Å²) in [7, 11) is 2.00. The minimum atomic E-state index is -0.258. The van der Waals surface area contributed by atoms with E-state index in [0.29, 0.717) is 13.0 Å². The van der Waals surface area contributed by atoms with Crippen LogP contribution in [0.15, 0.2) is 41.4 Å². The van der Waals surface area contributed by atoms with Crippen LogP contribution in [0.1, 0.15) is 13.3 Å². The summed E-state index contributed by atoms with van der Waals surface area (Å²) in [5, 5.41) is 2.36. The summed E-state index contributed by atoms with van der Waals surface area (Å²) in [6.07, 6.45) is 0.612. The molecule has 0 N–H and O–H groups in total. The van der Waals surface area contributed by atoms with Crippen molar-refractivity contribution >= 4 is 34.0 Å². The van der Waals surface area contributed by atoms with Crippen LogP contribution in [0.2, 0.25) is 0 Å². The lowest BCUT2D eigenvalue weighted by Gasteiger charge is -2.27. The smallest absolute Gasteiger partial charge is 0.302 e. The maximum absolute atomic E-state index is 10.8. The van der Waals surface area contributed by atoms with Crippen LogP contribution in [0.4, 0.5) is 11.4 Å². The van der Waals surface area contributed by atoms with Gasteiger partial charge in [-0.2, -0.15) is 0 Å². The summed E-state index contributed by atoms with van der Waals surface area (Å²) in [6, 6.07) is 12.4. The Morgan fingerprint density at radius 3 is 2.75 bits per heavy atom. The standard InChI is InChI=1S/C16H16N2O2/c1-11(19)20-10-9-15-17-13-7-3-5-12-6-4-8-14(16(12)13)18(15)2/h3-8H,9-10H2,1-2H3. The lowest BCUT2D eigenvalue weighted by molar-refractivity contribution is -0.140. The molecule has 102 valence electrons. The molecule has 0 aromatic heterocycles. The van der Waals surface area contributed by atoms with Crippen LogP contribution in [-0.2, 0) is 9.53 Å². The van der Waals surface area contributed by atoms with Gasteiger partial charge >= 0.3 is 5.97 Å². The lowest BCUT2D eigenvalue weighted by Crippen LogP contribution is -2.29. The van der Waals surface area contributed by atoms with Crippen molar-refractivity contribution in [3.05, 3.63) is 36.4 Å². The van der Waals surface area contributed by atoms with Gasteiger partial charge < -0.3 is 9.64 Å². The molecule has 0 aliphatic carbocycles. The van der Waals surface area contributed by atoms with E-state index < -0.39 is 0 Å². The van der Waals surface area contributed by atoms with E-state index in [1.807, 2.05) is 25.2 Å². The first-order chi connectivity index (χ1) is 9.66. The highest BCUT2D eigenvalue weighted by Gasteiger charge is 2.19. The number of nitrogens with zero attached hydrogens (tertiary/aromatic N) is 2. The second kappa shape index (κ2) is 4.96. The summed E-state index contributed by atoms with van der Waals surface area (Å²) >= 11 is 0. The minimum absolute atomic E-state index is 0.258. The van der Waals surface area contributed by atoms with Gasteiger partial charge in [-0.05, 0) is 17.5 Å². The normalized spacial score (nSPS) is 13.3. The fraction of sp³-hybridized carbons (Fsp3) is 0.250. The Bertz CT molecular complexity index is 701. The SMILES string of the molecule is CC(=O)OCCC1=Nc2cccc3cccc(c23)N1C. The molecule has 0 bridgehead atoms. The predicted octanol–water partition coefficient (Wildman–Crippen LogP) is 3.27. The summed E-state index contributed by atoms with van der Waals surface area (Å²) in [4.78, 5) is 17.6. The molecular weight excluding hydrogens is 252 g/mol. The first-order valence-electron chi connectivity index (χ1n) is 6.63. The maximum atomic E-state index is 10.8. The number of aliphatic imine (C=N–C) groups is 1. The zero-order valence-corrected chi connectivity index (χ0v) is 11.6. The van der Waals surface area contributed by atoms with Crippen molar-refractivity contribution in [2.75, 3.05) is 18.6 Å². The summed E-state index contributed by atoms with van der Waals surface area (Å²) in [6.45, 7) is 1.78. The van der Waals surface area contributed by atoms with E-state index in [1.165, 1.54) is 17.7 Å². The van der Waals surface area contributed by atoms with Gasteiger partial charge in [0.1, 0.15) is 5.84 Å². The third-order valence-corrected chi connectivity index (χ3v) is 3.49. The largest absolute Gasteiger partial charge is 0.465 e. The topological polar surface area (TPSA) is 41.9 Å². The zero-order chi connectivity index (χ0) is 14.1. The lowest BCUT2D eigenvalue weighted by atomic mass is 10.0. The summed E-state index contributed by atoms with van der Waals surface area (Å²) in [5.41, 5.74) is 2.12. The third-order valence-electron chi connectivity index (χ3n) is 3.49. The highest BCUT2D eigenvalue weighted by atomic mass is 16.5. The quantitative estimate of drug-likeness (QED) is 0.802. The molecule has 0 spiro atoms. The predicted molar refractivity (Wildman–Crippen MR) is 80.7 cm³/mol. The number of hydrogen-bond acceptors (Lipinski definition) is 4. The Balaban J connectivity index is 1.97. The second-order valence-electron chi connectivity index (χ2n) is 4.83. The Hall–Kier alpha value is -2.36. The van der Waals surface area contributed by atoms with Crippen molar-refractivity contribution in [3.8, 4) is 0 Å². The highest BCUT2D eigenvalue weighted by Crippen LogP contribution is 2.38. The molecule has 0 fully saturated rings. The van der Waals surface area contributed by atoms with Crippen molar-refractivity contribution in [1.29, 1.82) is 0 Å². The van der Waals surface area contributed by atoms with Crippen molar-refractivity contribution in [3.63, 3.8) is 0 Å². The monoisotopic (exact) mass is 268 g/mol. The van der Waals surface area contributed by atoms with E-state index >= 15 is 0 Å². The van der Waals surface area contributed by atoms with Gasteiger partial charge in [0.05, 0.1) is 18.0 Å². The van der Waals surface area contributed by atoms with Crippen LogP contribution in [0.5, 0.6) is 0 Å². The number of hydrogen-bond donors (Lipinski definition) is 0. The van der Waals surface area contributed by atoms with E-state index in [2.05, 4.69) is 23.1 Å². The molecule has 2 aromatic rings. The number of carbonyl (C=O) groups is 1. The molecule has 3 rings (SSSR count). The van der Waals surface area contributed by atoms with Crippen LogP contribution in [0.25, 0.3) is 10.8 Å². The number of ether oxygens (including phenoxy) is 1. The maximum Gasteiger partial charge on any atom is 0.302 e. The number of esters is 1. The Kier molecular flexibility index (Phi) is 3.14. The fourth-order valence-electron chi connectivity index (χ4n) is 2.54. The number of carbonyl (C=O) groups excluding carboxylic acids is 1. The van der Waals surface area contributed by atoms with E-state index in [4.69, 9.17) is 9.73 Å². The first kappa shape index (κ1) is 12.7. The van der Waals surface area contributed by atoms with Crippen LogP contribution >= 0.6 is 0 Å². The molecule has 0 saturated carbocycles. The number of anilines is 1. The van der Waals surface area contributed by atoms with Gasteiger partial charge in [-0.25, -0.2) is 4.99 Å². The molecule has 4 nitrogen and oxygen atoms in total. The van der Waals surface area contributed by atoms with E-state index in [1.54, 1.807) is 0 Å². The van der Waals surface area contributed by atoms with Crippen LogP contribution in [-0.4, -0.2) is 25.5 Å². The van der Waals surface area contributed by atoms with E-state index in [9.17, 15) is 4.79 Å². The van der Waals surface area contributed by atoms with Gasteiger partial charge in [-0.3, -0.25) is 4.79 Å². The Labute approximate surface area is 117 Å².